The maximum Gasteiger partial charge on any atom is 0.238 e. The summed E-state index contributed by atoms with van der Waals surface area (Å²) in [4.78, 5) is 0. The van der Waals surface area contributed by atoms with Crippen LogP contribution in [0.25, 0.3) is 0 Å². The smallest absolute Gasteiger partial charge is 0.238 e. The van der Waals surface area contributed by atoms with Crippen LogP contribution in [0.4, 0.5) is 0 Å². The third-order valence-corrected chi connectivity index (χ3v) is 1.93. The molecule has 0 aromatic carbocycles. The molecule has 14 heavy (non-hydrogen) atoms. The van der Waals surface area contributed by atoms with Crippen molar-refractivity contribution in [1.29, 1.82) is 0 Å². The van der Waals surface area contributed by atoms with Crippen LogP contribution in [0.2, 0.25) is 0 Å². The van der Waals surface area contributed by atoms with Gasteiger partial charge >= 0.3 is 0 Å². The summed E-state index contributed by atoms with van der Waals surface area (Å²) in [6, 6.07) is 3.56. The molecule has 0 aliphatic heterocycles. The first-order valence-corrected chi connectivity index (χ1v) is 4.45. The molecule has 1 aliphatic carbocycles. The number of ether oxygens (including phenoxy) is 1. The quantitative estimate of drug-likeness (QED) is 0.763. The monoisotopic (exact) mass is 189 g/mol. The second kappa shape index (κ2) is 3.91. The fourth-order valence-electron chi connectivity index (χ4n) is 1.20. The number of rotatable bonds is 2. The molecule has 0 unspecified atom stereocenters. The molecule has 0 fully saturated rings. The average Bonchev–Trinajstić information content (AvgIpc) is 2.23. The fourth-order valence-corrected chi connectivity index (χ4v) is 1.20. The largest absolute Gasteiger partial charge is 0.442 e. The van der Waals surface area contributed by atoms with E-state index < -0.39 is 0 Å². The Bertz CT molecular complexity index is 370. The molecule has 4 heteroatoms. The maximum absolute atomic E-state index is 5.62. The molecule has 72 valence electrons. The molecule has 1 aromatic heterocycles. The third-order valence-electron chi connectivity index (χ3n) is 1.93. The Kier molecular flexibility index (Phi) is 2.44. The minimum absolute atomic E-state index is 0.521. The summed E-state index contributed by atoms with van der Waals surface area (Å²) in [6.07, 6.45) is 6.99. The van der Waals surface area contributed by atoms with Crippen molar-refractivity contribution in [2.24, 2.45) is 5.73 Å². The van der Waals surface area contributed by atoms with Gasteiger partial charge in [-0.15, -0.1) is 5.10 Å². The molecular formula is C10H11N3O. The van der Waals surface area contributed by atoms with Crippen molar-refractivity contribution in [2.75, 3.05) is 0 Å². The number of nitrogens with zero attached hydrogens (tertiary/aromatic N) is 2. The van der Waals surface area contributed by atoms with Gasteiger partial charge < -0.3 is 10.5 Å². The third kappa shape index (κ3) is 2.10. The van der Waals surface area contributed by atoms with Crippen molar-refractivity contribution in [3.63, 3.8) is 0 Å². The van der Waals surface area contributed by atoms with Gasteiger partial charge in [-0.1, -0.05) is 0 Å². The lowest BCUT2D eigenvalue weighted by atomic mass is 10.1. The summed E-state index contributed by atoms with van der Waals surface area (Å²) >= 11 is 0. The molecule has 2 rings (SSSR count). The molecule has 1 heterocycles. The van der Waals surface area contributed by atoms with Crippen LogP contribution in [0.15, 0.2) is 41.9 Å². The summed E-state index contributed by atoms with van der Waals surface area (Å²) in [7, 11) is 0. The van der Waals surface area contributed by atoms with Crippen LogP contribution in [-0.2, 0) is 0 Å². The van der Waals surface area contributed by atoms with E-state index in [4.69, 9.17) is 10.5 Å². The standard InChI is InChI=1S/C10H11N3O/c11-8-3-5-9(6-4-8)14-10-2-1-7-12-13-10/h1-3,5,7H,4,6,11H2. The lowest BCUT2D eigenvalue weighted by molar-refractivity contribution is 0.381. The Morgan fingerprint density at radius 1 is 1.29 bits per heavy atom. The Morgan fingerprint density at radius 3 is 2.86 bits per heavy atom. The van der Waals surface area contributed by atoms with Crippen LogP contribution in [0.1, 0.15) is 12.8 Å². The van der Waals surface area contributed by atoms with Crippen LogP contribution in [0.5, 0.6) is 5.88 Å². The Hall–Kier alpha value is -1.84. The molecule has 0 amide bonds. The van der Waals surface area contributed by atoms with Gasteiger partial charge in [0, 0.05) is 24.4 Å². The van der Waals surface area contributed by atoms with Gasteiger partial charge in [-0.3, -0.25) is 0 Å². The lowest BCUT2D eigenvalue weighted by Crippen LogP contribution is -2.06. The first-order chi connectivity index (χ1) is 6.84. The van der Waals surface area contributed by atoms with Crippen LogP contribution in [-0.4, -0.2) is 10.2 Å². The van der Waals surface area contributed by atoms with Crippen molar-refractivity contribution >= 4 is 0 Å². The molecule has 0 spiro atoms. The minimum atomic E-state index is 0.521. The van der Waals surface area contributed by atoms with Crippen molar-refractivity contribution in [3.05, 3.63) is 41.9 Å². The molecule has 0 radical (unpaired) electrons. The number of hydrogen-bond donors (Lipinski definition) is 1. The summed E-state index contributed by atoms with van der Waals surface area (Å²) in [5, 5.41) is 7.55. The first-order valence-electron chi connectivity index (χ1n) is 4.45. The molecule has 4 nitrogen and oxygen atoms in total. The predicted molar refractivity (Wildman–Crippen MR) is 52.2 cm³/mol. The number of nitrogens with two attached hydrogens (primary N) is 1. The molecule has 0 saturated heterocycles. The number of aromatic nitrogens is 2. The van der Waals surface area contributed by atoms with E-state index in [1.54, 1.807) is 18.3 Å². The van der Waals surface area contributed by atoms with Gasteiger partial charge in [0.15, 0.2) is 0 Å². The maximum atomic E-state index is 5.62. The van der Waals surface area contributed by atoms with Gasteiger partial charge in [0.2, 0.25) is 5.88 Å². The zero-order valence-electron chi connectivity index (χ0n) is 7.68. The molecule has 1 aliphatic rings. The van der Waals surface area contributed by atoms with Crippen LogP contribution < -0.4 is 10.5 Å². The van der Waals surface area contributed by atoms with Crippen molar-refractivity contribution in [2.45, 2.75) is 12.8 Å². The van der Waals surface area contributed by atoms with E-state index in [0.717, 1.165) is 24.3 Å². The zero-order chi connectivity index (χ0) is 9.80. The van der Waals surface area contributed by atoms with E-state index in [-0.39, 0.29) is 0 Å². The number of allylic oxidation sites excluding steroid dienone is 4. The summed E-state index contributed by atoms with van der Waals surface area (Å²) in [5.74, 6) is 1.40. The van der Waals surface area contributed by atoms with Gasteiger partial charge in [-0.25, -0.2) is 0 Å². The summed E-state index contributed by atoms with van der Waals surface area (Å²) in [6.45, 7) is 0. The van der Waals surface area contributed by atoms with Crippen molar-refractivity contribution < 1.29 is 4.74 Å². The topological polar surface area (TPSA) is 61.0 Å². The van der Waals surface area contributed by atoms with Gasteiger partial charge in [0.05, 0.1) is 0 Å². The van der Waals surface area contributed by atoms with Crippen LogP contribution >= 0.6 is 0 Å². The number of hydrogen-bond acceptors (Lipinski definition) is 4. The van der Waals surface area contributed by atoms with E-state index in [0.29, 0.717) is 5.88 Å². The Morgan fingerprint density at radius 2 is 2.21 bits per heavy atom. The highest BCUT2D eigenvalue weighted by Crippen LogP contribution is 2.17. The summed E-state index contributed by atoms with van der Waals surface area (Å²) in [5.41, 5.74) is 6.51. The van der Waals surface area contributed by atoms with Gasteiger partial charge in [0.25, 0.3) is 0 Å². The predicted octanol–water partition coefficient (Wildman–Crippen LogP) is 1.38. The van der Waals surface area contributed by atoms with E-state index in [1.807, 2.05) is 12.2 Å². The minimum Gasteiger partial charge on any atom is -0.442 e. The Labute approximate surface area is 82.1 Å². The van der Waals surface area contributed by atoms with Crippen LogP contribution in [0, 0.1) is 0 Å². The van der Waals surface area contributed by atoms with E-state index in [2.05, 4.69) is 10.2 Å². The highest BCUT2D eigenvalue weighted by Gasteiger charge is 2.06. The van der Waals surface area contributed by atoms with E-state index >= 15 is 0 Å². The second-order valence-electron chi connectivity index (χ2n) is 3.04. The molecule has 1 aromatic rings. The van der Waals surface area contributed by atoms with Gasteiger partial charge in [-0.05, 0) is 24.6 Å². The van der Waals surface area contributed by atoms with E-state index in [1.165, 1.54) is 0 Å². The van der Waals surface area contributed by atoms with Crippen LogP contribution in [0.3, 0.4) is 0 Å². The first kappa shape index (κ1) is 8.74. The van der Waals surface area contributed by atoms with Gasteiger partial charge in [0.1, 0.15) is 5.76 Å². The van der Waals surface area contributed by atoms with Crippen molar-refractivity contribution in [3.8, 4) is 5.88 Å². The highest BCUT2D eigenvalue weighted by molar-refractivity contribution is 5.21. The molecule has 0 bridgehead atoms. The van der Waals surface area contributed by atoms with Crippen molar-refractivity contribution in [1.82, 2.24) is 10.2 Å². The molecular weight excluding hydrogens is 178 g/mol. The normalized spacial score (nSPS) is 15.7. The zero-order valence-corrected chi connectivity index (χ0v) is 7.68. The lowest BCUT2D eigenvalue weighted by Gasteiger charge is -2.11. The molecule has 0 saturated carbocycles. The highest BCUT2D eigenvalue weighted by atomic mass is 16.5. The molecule has 2 N–H and O–H groups in total. The SMILES string of the molecule is NC1=CC=C(Oc2cccnn2)CC1. The average molecular weight is 189 g/mol. The molecule has 0 atom stereocenters. The van der Waals surface area contributed by atoms with Gasteiger partial charge in [-0.2, -0.15) is 5.10 Å². The summed E-state index contributed by atoms with van der Waals surface area (Å²) < 4.78 is 5.49. The van der Waals surface area contributed by atoms with E-state index in [9.17, 15) is 0 Å². The second-order valence-corrected chi connectivity index (χ2v) is 3.04. The Balaban J connectivity index is 2.06. The fraction of sp³-hybridized carbons (Fsp3) is 0.200.